The fourth-order valence-electron chi connectivity index (χ4n) is 1.23. The molecule has 0 radical (unpaired) electrons. The van der Waals surface area contributed by atoms with Gasteiger partial charge in [-0.2, -0.15) is 0 Å². The molecular weight excluding hydrogens is 210 g/mol. The van der Waals surface area contributed by atoms with Gasteiger partial charge in [-0.05, 0) is 12.8 Å². The first-order valence-electron chi connectivity index (χ1n) is 5.89. The van der Waals surface area contributed by atoms with Crippen molar-refractivity contribution in [1.29, 1.82) is 0 Å². The minimum atomic E-state index is -0.417. The van der Waals surface area contributed by atoms with Crippen molar-refractivity contribution in [3.05, 3.63) is 0 Å². The Morgan fingerprint density at radius 2 is 1.88 bits per heavy atom. The highest BCUT2D eigenvalue weighted by Crippen LogP contribution is 2.18. The molecule has 5 heteroatoms. The number of hydrogen-bond acceptors (Lipinski definition) is 5. The van der Waals surface area contributed by atoms with Crippen LogP contribution in [0.4, 0.5) is 0 Å². The maximum atomic E-state index is 9.52. The van der Waals surface area contributed by atoms with Crippen molar-refractivity contribution in [3.63, 3.8) is 0 Å². The van der Waals surface area contributed by atoms with Gasteiger partial charge in [-0.25, -0.2) is 0 Å². The van der Waals surface area contributed by atoms with Gasteiger partial charge in [-0.15, -0.1) is 0 Å². The average molecular weight is 233 g/mol. The number of rotatable bonds is 11. The largest absolute Gasteiger partial charge is 0.389 e. The van der Waals surface area contributed by atoms with E-state index in [4.69, 9.17) is 14.2 Å². The predicted molar refractivity (Wildman–Crippen MR) is 60.5 cm³/mol. The summed E-state index contributed by atoms with van der Waals surface area (Å²) in [6, 6.07) is 0.632. The SMILES string of the molecule is COCCOCCOCC(O)CNC1CC1. The molecule has 0 heterocycles. The van der Waals surface area contributed by atoms with Crippen LogP contribution in [0.25, 0.3) is 0 Å². The number of nitrogens with one attached hydrogen (secondary N) is 1. The van der Waals surface area contributed by atoms with Crippen LogP contribution in [0, 0.1) is 0 Å². The molecule has 0 aromatic carbocycles. The van der Waals surface area contributed by atoms with E-state index in [2.05, 4.69) is 5.32 Å². The molecule has 0 saturated heterocycles. The van der Waals surface area contributed by atoms with Crippen LogP contribution in [0.5, 0.6) is 0 Å². The van der Waals surface area contributed by atoms with Crippen molar-refractivity contribution in [2.45, 2.75) is 25.0 Å². The van der Waals surface area contributed by atoms with Crippen molar-refractivity contribution >= 4 is 0 Å². The lowest BCUT2D eigenvalue weighted by molar-refractivity contribution is -0.00492. The standard InChI is InChI=1S/C11H23NO4/c1-14-4-5-15-6-7-16-9-11(13)8-12-10-2-3-10/h10-13H,2-9H2,1H3. The molecule has 5 nitrogen and oxygen atoms in total. The zero-order chi connectivity index (χ0) is 11.6. The van der Waals surface area contributed by atoms with Crippen LogP contribution in [0.2, 0.25) is 0 Å². The summed E-state index contributed by atoms with van der Waals surface area (Å²) in [4.78, 5) is 0. The smallest absolute Gasteiger partial charge is 0.0897 e. The summed E-state index contributed by atoms with van der Waals surface area (Å²) in [5.74, 6) is 0. The van der Waals surface area contributed by atoms with Gasteiger partial charge >= 0.3 is 0 Å². The first-order valence-corrected chi connectivity index (χ1v) is 5.89. The van der Waals surface area contributed by atoms with Crippen molar-refractivity contribution in [2.75, 3.05) is 46.7 Å². The van der Waals surface area contributed by atoms with E-state index in [0.29, 0.717) is 45.6 Å². The molecule has 1 aliphatic carbocycles. The number of aliphatic hydroxyl groups is 1. The molecule has 16 heavy (non-hydrogen) atoms. The van der Waals surface area contributed by atoms with Crippen LogP contribution < -0.4 is 5.32 Å². The van der Waals surface area contributed by atoms with Crippen LogP contribution in [-0.2, 0) is 14.2 Å². The fourth-order valence-corrected chi connectivity index (χ4v) is 1.23. The van der Waals surface area contributed by atoms with Crippen molar-refractivity contribution in [1.82, 2.24) is 5.32 Å². The molecule has 0 aromatic heterocycles. The third-order valence-corrected chi connectivity index (χ3v) is 2.33. The third kappa shape index (κ3) is 8.01. The summed E-state index contributed by atoms with van der Waals surface area (Å²) in [6.45, 7) is 3.25. The zero-order valence-electron chi connectivity index (χ0n) is 9.98. The Morgan fingerprint density at radius 3 is 2.56 bits per heavy atom. The summed E-state index contributed by atoms with van der Waals surface area (Å²) in [6.07, 6.45) is 2.06. The fraction of sp³-hybridized carbons (Fsp3) is 1.00. The first-order chi connectivity index (χ1) is 7.83. The minimum absolute atomic E-state index is 0.368. The Labute approximate surface area is 97.1 Å². The van der Waals surface area contributed by atoms with E-state index < -0.39 is 6.10 Å². The topological polar surface area (TPSA) is 60.0 Å². The molecule has 1 unspecified atom stereocenters. The Kier molecular flexibility index (Phi) is 7.71. The minimum Gasteiger partial charge on any atom is -0.389 e. The summed E-state index contributed by atoms with van der Waals surface area (Å²) >= 11 is 0. The maximum absolute atomic E-state index is 9.52. The normalized spacial score (nSPS) is 17.6. The van der Waals surface area contributed by atoms with E-state index in [0.717, 1.165) is 0 Å². The second-order valence-corrected chi connectivity index (χ2v) is 4.02. The molecule has 0 spiro atoms. The summed E-state index contributed by atoms with van der Waals surface area (Å²) < 4.78 is 15.3. The highest BCUT2D eigenvalue weighted by atomic mass is 16.5. The molecule has 2 N–H and O–H groups in total. The second-order valence-electron chi connectivity index (χ2n) is 4.02. The maximum Gasteiger partial charge on any atom is 0.0897 e. The molecule has 1 fully saturated rings. The van der Waals surface area contributed by atoms with Gasteiger partial charge in [0.1, 0.15) is 0 Å². The lowest BCUT2D eigenvalue weighted by atomic mass is 10.4. The molecule has 1 saturated carbocycles. The number of aliphatic hydroxyl groups excluding tert-OH is 1. The van der Waals surface area contributed by atoms with Crippen LogP contribution in [0.15, 0.2) is 0 Å². The third-order valence-electron chi connectivity index (χ3n) is 2.33. The second kappa shape index (κ2) is 8.90. The van der Waals surface area contributed by atoms with Gasteiger partial charge in [0.15, 0.2) is 0 Å². The van der Waals surface area contributed by atoms with Crippen LogP contribution in [0.3, 0.4) is 0 Å². The van der Waals surface area contributed by atoms with Crippen molar-refractivity contribution < 1.29 is 19.3 Å². The van der Waals surface area contributed by atoms with Gasteiger partial charge in [0.05, 0.1) is 39.1 Å². The Morgan fingerprint density at radius 1 is 1.19 bits per heavy atom. The lowest BCUT2D eigenvalue weighted by Gasteiger charge is -2.12. The van der Waals surface area contributed by atoms with Gasteiger partial charge in [-0.3, -0.25) is 0 Å². The molecule has 0 amide bonds. The Hall–Kier alpha value is -0.200. The molecule has 0 aromatic rings. The number of ether oxygens (including phenoxy) is 3. The summed E-state index contributed by atoms with van der Waals surface area (Å²) in [5.41, 5.74) is 0. The Balaban J connectivity index is 1.75. The molecule has 1 rings (SSSR count). The van der Waals surface area contributed by atoms with E-state index in [-0.39, 0.29) is 0 Å². The van der Waals surface area contributed by atoms with Crippen LogP contribution in [0.1, 0.15) is 12.8 Å². The molecule has 1 aliphatic rings. The van der Waals surface area contributed by atoms with E-state index in [9.17, 15) is 5.11 Å². The Bertz CT molecular complexity index is 164. The van der Waals surface area contributed by atoms with Crippen molar-refractivity contribution in [2.24, 2.45) is 0 Å². The van der Waals surface area contributed by atoms with Gasteiger partial charge in [0, 0.05) is 19.7 Å². The average Bonchev–Trinajstić information content (AvgIpc) is 3.09. The summed E-state index contributed by atoms with van der Waals surface area (Å²) in [5, 5.41) is 12.8. The molecule has 1 atom stereocenters. The van der Waals surface area contributed by atoms with E-state index in [1.165, 1.54) is 12.8 Å². The molecule has 96 valence electrons. The van der Waals surface area contributed by atoms with Gasteiger partial charge < -0.3 is 24.6 Å². The predicted octanol–water partition coefficient (Wildman–Crippen LogP) is -0.221. The number of methoxy groups -OCH3 is 1. The molecular formula is C11H23NO4. The zero-order valence-corrected chi connectivity index (χ0v) is 9.98. The van der Waals surface area contributed by atoms with E-state index >= 15 is 0 Å². The first kappa shape index (κ1) is 13.9. The van der Waals surface area contributed by atoms with Crippen LogP contribution >= 0.6 is 0 Å². The van der Waals surface area contributed by atoms with E-state index in [1.807, 2.05) is 0 Å². The lowest BCUT2D eigenvalue weighted by Crippen LogP contribution is -2.32. The van der Waals surface area contributed by atoms with Gasteiger partial charge in [-0.1, -0.05) is 0 Å². The number of hydrogen-bond donors (Lipinski definition) is 2. The highest BCUT2D eigenvalue weighted by molar-refractivity contribution is 4.81. The monoisotopic (exact) mass is 233 g/mol. The molecule has 0 bridgehead atoms. The highest BCUT2D eigenvalue weighted by Gasteiger charge is 2.21. The van der Waals surface area contributed by atoms with Crippen LogP contribution in [-0.4, -0.2) is 63.9 Å². The quantitative estimate of drug-likeness (QED) is 0.483. The van der Waals surface area contributed by atoms with E-state index in [1.54, 1.807) is 7.11 Å². The summed E-state index contributed by atoms with van der Waals surface area (Å²) in [7, 11) is 1.64. The van der Waals surface area contributed by atoms with Crippen molar-refractivity contribution in [3.8, 4) is 0 Å². The van der Waals surface area contributed by atoms with Gasteiger partial charge in [0.25, 0.3) is 0 Å². The van der Waals surface area contributed by atoms with Gasteiger partial charge in [0.2, 0.25) is 0 Å². The molecule has 0 aliphatic heterocycles.